The van der Waals surface area contributed by atoms with Crippen molar-refractivity contribution in [3.8, 4) is 5.69 Å². The van der Waals surface area contributed by atoms with Crippen molar-refractivity contribution in [3.05, 3.63) is 107 Å². The van der Waals surface area contributed by atoms with Gasteiger partial charge >= 0.3 is 0 Å². The van der Waals surface area contributed by atoms with Crippen LogP contribution in [0.25, 0.3) is 5.69 Å². The van der Waals surface area contributed by atoms with E-state index in [1.54, 1.807) is 0 Å². The van der Waals surface area contributed by atoms with Crippen molar-refractivity contribution in [1.82, 2.24) is 19.8 Å². The zero-order valence-electron chi connectivity index (χ0n) is 24.4. The Hall–Kier alpha value is -4.17. The maximum Gasteiger partial charge on any atom is 0.226 e. The standard InChI is InChI=1S/C33H38N6OS/c1-6-24-11-7-8-12-28(24)35-30(40)18-20-38-32(31(36-33(38)41)29-13-9-10-19-34-29)27-21-22(2)39(23(27)3)26-16-14-25(15-17-26)37(4)5/h7-17,19,21,31-32H,6,18,20H2,1-5H3,(H,35,40)(H,36,41). The molecule has 2 unspecified atom stereocenters. The van der Waals surface area contributed by atoms with Crippen molar-refractivity contribution >= 4 is 34.6 Å². The number of hydrogen-bond acceptors (Lipinski definition) is 4. The first-order chi connectivity index (χ1) is 19.8. The average Bonchev–Trinajstić information content (AvgIpc) is 3.46. The van der Waals surface area contributed by atoms with Gasteiger partial charge in [0.05, 0.1) is 17.8 Å². The molecule has 2 N–H and O–H groups in total. The van der Waals surface area contributed by atoms with Crippen LogP contribution in [-0.4, -0.2) is 46.1 Å². The van der Waals surface area contributed by atoms with Gasteiger partial charge in [-0.25, -0.2) is 0 Å². The fourth-order valence-electron chi connectivity index (χ4n) is 5.75. The molecule has 5 rings (SSSR count). The second-order valence-electron chi connectivity index (χ2n) is 10.7. The van der Waals surface area contributed by atoms with Crippen molar-refractivity contribution in [1.29, 1.82) is 0 Å². The number of thiocarbonyl (C=S) groups is 1. The van der Waals surface area contributed by atoms with E-state index >= 15 is 0 Å². The maximum atomic E-state index is 13.1. The number of rotatable bonds is 9. The smallest absolute Gasteiger partial charge is 0.226 e. The molecule has 2 aromatic carbocycles. The Balaban J connectivity index is 1.46. The lowest BCUT2D eigenvalue weighted by atomic mass is 9.96. The summed E-state index contributed by atoms with van der Waals surface area (Å²) in [5, 5.41) is 7.26. The molecule has 41 heavy (non-hydrogen) atoms. The first kappa shape index (κ1) is 28.4. The van der Waals surface area contributed by atoms with Crippen molar-refractivity contribution in [2.75, 3.05) is 30.9 Å². The first-order valence-electron chi connectivity index (χ1n) is 14.1. The van der Waals surface area contributed by atoms with E-state index in [9.17, 15) is 4.79 Å². The normalized spacial score (nSPS) is 16.5. The highest BCUT2D eigenvalue weighted by atomic mass is 32.1. The third kappa shape index (κ3) is 5.84. The molecular weight excluding hydrogens is 528 g/mol. The number of carbonyl (C=O) groups excluding carboxylic acids is 1. The lowest BCUT2D eigenvalue weighted by Crippen LogP contribution is -2.33. The number of carbonyl (C=O) groups is 1. The largest absolute Gasteiger partial charge is 0.378 e. The van der Waals surface area contributed by atoms with Gasteiger partial charge in [-0.2, -0.15) is 0 Å². The molecule has 1 saturated heterocycles. The molecule has 0 saturated carbocycles. The number of nitrogens with one attached hydrogen (secondary N) is 2. The Kier molecular flexibility index (Phi) is 8.40. The minimum Gasteiger partial charge on any atom is -0.378 e. The van der Waals surface area contributed by atoms with Crippen molar-refractivity contribution in [2.45, 2.75) is 45.7 Å². The Labute approximate surface area is 248 Å². The van der Waals surface area contributed by atoms with E-state index in [1.165, 1.54) is 5.56 Å². The zero-order valence-corrected chi connectivity index (χ0v) is 25.2. The molecule has 0 aliphatic carbocycles. The minimum atomic E-state index is -0.141. The molecule has 0 bridgehead atoms. The molecule has 1 aliphatic heterocycles. The van der Waals surface area contributed by atoms with Gasteiger partial charge in [-0.15, -0.1) is 0 Å². The summed E-state index contributed by atoms with van der Waals surface area (Å²) in [7, 11) is 4.09. The number of nitrogens with zero attached hydrogens (tertiary/aromatic N) is 4. The van der Waals surface area contributed by atoms with Gasteiger partial charge in [0.15, 0.2) is 5.11 Å². The van der Waals surface area contributed by atoms with E-state index < -0.39 is 0 Å². The van der Waals surface area contributed by atoms with E-state index in [0.717, 1.165) is 46.1 Å². The van der Waals surface area contributed by atoms with E-state index in [1.807, 2.05) is 62.8 Å². The molecule has 0 radical (unpaired) electrons. The number of pyridine rings is 1. The van der Waals surface area contributed by atoms with Crippen LogP contribution in [0.4, 0.5) is 11.4 Å². The predicted octanol–water partition coefficient (Wildman–Crippen LogP) is 6.12. The van der Waals surface area contributed by atoms with Crippen molar-refractivity contribution in [3.63, 3.8) is 0 Å². The second kappa shape index (κ2) is 12.1. The summed E-state index contributed by atoms with van der Waals surface area (Å²) in [5.41, 5.74) is 8.63. The molecule has 4 aromatic rings. The van der Waals surface area contributed by atoms with Crippen LogP contribution in [0.2, 0.25) is 0 Å². The van der Waals surface area contributed by atoms with E-state index in [-0.39, 0.29) is 18.0 Å². The number of benzene rings is 2. The van der Waals surface area contributed by atoms with Crippen LogP contribution in [0.3, 0.4) is 0 Å². The molecule has 3 heterocycles. The highest BCUT2D eigenvalue weighted by molar-refractivity contribution is 7.80. The molecule has 1 amide bonds. The van der Waals surface area contributed by atoms with Gasteiger partial charge in [0, 0.05) is 61.7 Å². The summed E-state index contributed by atoms with van der Waals surface area (Å²) in [4.78, 5) is 22.0. The number of hydrogen-bond donors (Lipinski definition) is 2. The fraction of sp³-hybridized carbons (Fsp3) is 0.303. The summed E-state index contributed by atoms with van der Waals surface area (Å²) in [6.45, 7) is 6.87. The van der Waals surface area contributed by atoms with Crippen LogP contribution in [0, 0.1) is 13.8 Å². The number of anilines is 2. The Bertz CT molecular complexity index is 1530. The van der Waals surface area contributed by atoms with Crippen LogP contribution in [0.15, 0.2) is 79.0 Å². The topological polar surface area (TPSA) is 65.4 Å². The summed E-state index contributed by atoms with van der Waals surface area (Å²) in [5.74, 6) is -0.0276. The fourth-order valence-corrected chi connectivity index (χ4v) is 6.09. The molecule has 212 valence electrons. The van der Waals surface area contributed by atoms with Gasteiger partial charge in [-0.3, -0.25) is 9.78 Å². The van der Waals surface area contributed by atoms with Crippen LogP contribution in [-0.2, 0) is 11.2 Å². The number of aromatic nitrogens is 2. The monoisotopic (exact) mass is 566 g/mol. The summed E-state index contributed by atoms with van der Waals surface area (Å²) >= 11 is 5.87. The van der Waals surface area contributed by atoms with Gasteiger partial charge < -0.3 is 25.0 Å². The third-order valence-electron chi connectivity index (χ3n) is 7.86. The summed E-state index contributed by atoms with van der Waals surface area (Å²) in [6.07, 6.45) is 2.99. The molecule has 1 fully saturated rings. The number of para-hydroxylation sites is 1. The molecular formula is C33H38N6OS. The van der Waals surface area contributed by atoms with Gasteiger partial charge in [0.2, 0.25) is 5.91 Å². The maximum absolute atomic E-state index is 13.1. The highest BCUT2D eigenvalue weighted by Gasteiger charge is 2.41. The quantitative estimate of drug-likeness (QED) is 0.238. The molecule has 1 aliphatic rings. The van der Waals surface area contributed by atoms with Crippen LogP contribution >= 0.6 is 12.2 Å². The molecule has 7 nitrogen and oxygen atoms in total. The number of amides is 1. The second-order valence-corrected chi connectivity index (χ2v) is 11.1. The van der Waals surface area contributed by atoms with Gasteiger partial charge in [0.1, 0.15) is 0 Å². The third-order valence-corrected chi connectivity index (χ3v) is 8.22. The van der Waals surface area contributed by atoms with Gasteiger partial charge in [-0.05, 0) is 92.1 Å². The van der Waals surface area contributed by atoms with E-state index in [2.05, 4.69) is 81.1 Å². The Morgan fingerprint density at radius 2 is 1.78 bits per heavy atom. The van der Waals surface area contributed by atoms with Crippen LogP contribution in [0.1, 0.15) is 53.6 Å². The number of aryl methyl sites for hydroxylation is 2. The molecule has 0 spiro atoms. The van der Waals surface area contributed by atoms with Crippen molar-refractivity contribution < 1.29 is 4.79 Å². The lowest BCUT2D eigenvalue weighted by Gasteiger charge is -2.28. The molecule has 8 heteroatoms. The molecule has 2 aromatic heterocycles. The minimum absolute atomic E-state index is 0.0276. The van der Waals surface area contributed by atoms with Gasteiger partial charge in [0.25, 0.3) is 0 Å². The summed E-state index contributed by atoms with van der Waals surface area (Å²) < 4.78 is 2.29. The highest BCUT2D eigenvalue weighted by Crippen LogP contribution is 2.41. The summed E-state index contributed by atoms with van der Waals surface area (Å²) in [6, 6.07) is 24.5. The first-order valence-corrected chi connectivity index (χ1v) is 14.5. The van der Waals surface area contributed by atoms with Crippen LogP contribution < -0.4 is 15.5 Å². The lowest BCUT2D eigenvalue weighted by molar-refractivity contribution is -0.116. The van der Waals surface area contributed by atoms with Crippen molar-refractivity contribution in [2.24, 2.45) is 0 Å². The van der Waals surface area contributed by atoms with E-state index in [4.69, 9.17) is 12.2 Å². The Morgan fingerprint density at radius 3 is 2.46 bits per heavy atom. The van der Waals surface area contributed by atoms with E-state index in [0.29, 0.717) is 18.1 Å². The SMILES string of the molecule is CCc1ccccc1NC(=O)CCN1C(=S)NC(c2ccccn2)C1c1cc(C)n(-c2ccc(N(C)C)cc2)c1C. The van der Waals surface area contributed by atoms with Crippen LogP contribution in [0.5, 0.6) is 0 Å². The molecule has 2 atom stereocenters. The predicted molar refractivity (Wildman–Crippen MR) is 171 cm³/mol. The van der Waals surface area contributed by atoms with Gasteiger partial charge in [-0.1, -0.05) is 31.2 Å². The zero-order chi connectivity index (χ0) is 29.1. The average molecular weight is 567 g/mol. The Morgan fingerprint density at radius 1 is 1.05 bits per heavy atom.